The van der Waals surface area contributed by atoms with Crippen LogP contribution >= 0.6 is 22.7 Å². The van der Waals surface area contributed by atoms with Crippen LogP contribution < -0.4 is 11.1 Å². The van der Waals surface area contributed by atoms with E-state index in [1.807, 2.05) is 6.20 Å². The summed E-state index contributed by atoms with van der Waals surface area (Å²) in [6.45, 7) is 0.700. The van der Waals surface area contributed by atoms with Crippen molar-refractivity contribution in [1.29, 1.82) is 0 Å². The number of rotatable bonds is 3. The van der Waals surface area contributed by atoms with Gasteiger partial charge in [-0.1, -0.05) is 0 Å². The molecule has 3 N–H and O–H groups in total. The number of thiazole rings is 1. The van der Waals surface area contributed by atoms with E-state index in [2.05, 4.69) is 20.3 Å². The molecule has 1 aliphatic carbocycles. The van der Waals surface area contributed by atoms with Crippen molar-refractivity contribution in [2.24, 2.45) is 0 Å². The Morgan fingerprint density at radius 2 is 2.15 bits per heavy atom. The molecule has 0 aliphatic heterocycles. The van der Waals surface area contributed by atoms with Crippen LogP contribution in [0.1, 0.15) is 21.7 Å². The summed E-state index contributed by atoms with van der Waals surface area (Å²) in [5.41, 5.74) is 7.09. The second-order valence-corrected chi connectivity index (χ2v) is 7.01. The third-order valence-corrected chi connectivity index (χ3v) is 5.53. The first-order valence-corrected chi connectivity index (χ1v) is 8.14. The van der Waals surface area contributed by atoms with Gasteiger partial charge in [-0.2, -0.15) is 0 Å². The highest BCUT2D eigenvalue weighted by molar-refractivity contribution is 7.19. The number of nitrogen functional groups attached to an aromatic ring is 1. The molecule has 20 heavy (non-hydrogen) atoms. The summed E-state index contributed by atoms with van der Waals surface area (Å²) in [5, 5.41) is 5.22. The quantitative estimate of drug-likeness (QED) is 0.778. The van der Waals surface area contributed by atoms with Crippen LogP contribution in [0.15, 0.2) is 12.5 Å². The first kappa shape index (κ1) is 12.0. The van der Waals surface area contributed by atoms with Gasteiger partial charge in [0.2, 0.25) is 0 Å². The normalized spacial score (nSPS) is 13.8. The van der Waals surface area contributed by atoms with Gasteiger partial charge in [0.25, 0.3) is 0 Å². The zero-order valence-electron chi connectivity index (χ0n) is 10.7. The van der Waals surface area contributed by atoms with Crippen LogP contribution in [-0.4, -0.2) is 15.0 Å². The Labute approximate surface area is 123 Å². The Hall–Kier alpha value is -1.73. The van der Waals surface area contributed by atoms with Gasteiger partial charge < -0.3 is 11.1 Å². The van der Waals surface area contributed by atoms with E-state index in [4.69, 9.17) is 5.73 Å². The zero-order chi connectivity index (χ0) is 13.5. The van der Waals surface area contributed by atoms with Crippen molar-refractivity contribution in [2.75, 3.05) is 11.1 Å². The highest BCUT2D eigenvalue weighted by Crippen LogP contribution is 2.39. The predicted molar refractivity (Wildman–Crippen MR) is 83.3 cm³/mol. The molecule has 7 heteroatoms. The molecule has 0 saturated carbocycles. The number of anilines is 2. The van der Waals surface area contributed by atoms with E-state index < -0.39 is 0 Å². The Balaban J connectivity index is 1.69. The molecule has 0 spiro atoms. The summed E-state index contributed by atoms with van der Waals surface area (Å²) in [6.07, 6.45) is 7.02. The van der Waals surface area contributed by atoms with Crippen LogP contribution in [0.4, 0.5) is 10.9 Å². The number of nitrogens with zero attached hydrogens (tertiary/aromatic N) is 3. The SMILES string of the molecule is Nc1ncc(CNc2ncnc3sc4c(c23)CCC4)s1. The van der Waals surface area contributed by atoms with E-state index >= 15 is 0 Å². The lowest BCUT2D eigenvalue weighted by atomic mass is 10.2. The maximum atomic E-state index is 5.65. The van der Waals surface area contributed by atoms with Crippen LogP contribution in [0.2, 0.25) is 0 Å². The molecule has 0 amide bonds. The molecule has 0 saturated heterocycles. The minimum atomic E-state index is 0.603. The van der Waals surface area contributed by atoms with Crippen molar-refractivity contribution in [1.82, 2.24) is 15.0 Å². The Kier molecular flexibility index (Phi) is 2.82. The fourth-order valence-corrected chi connectivity index (χ4v) is 4.49. The first-order chi connectivity index (χ1) is 9.81. The van der Waals surface area contributed by atoms with Gasteiger partial charge >= 0.3 is 0 Å². The summed E-state index contributed by atoms with van der Waals surface area (Å²) in [4.78, 5) is 16.6. The fourth-order valence-electron chi connectivity index (χ4n) is 2.64. The van der Waals surface area contributed by atoms with E-state index in [1.54, 1.807) is 17.7 Å². The molecular weight excluding hydrogens is 290 g/mol. The van der Waals surface area contributed by atoms with Gasteiger partial charge in [0, 0.05) is 16.0 Å². The molecule has 1 aliphatic rings. The largest absolute Gasteiger partial charge is 0.375 e. The molecule has 0 aromatic carbocycles. The lowest BCUT2D eigenvalue weighted by Crippen LogP contribution is -2.01. The number of thiophene rings is 1. The molecule has 0 unspecified atom stereocenters. The summed E-state index contributed by atoms with van der Waals surface area (Å²) < 4.78 is 0. The number of nitrogens with one attached hydrogen (secondary N) is 1. The van der Waals surface area contributed by atoms with Crippen LogP contribution in [0.5, 0.6) is 0 Å². The Morgan fingerprint density at radius 1 is 1.20 bits per heavy atom. The molecule has 0 atom stereocenters. The van der Waals surface area contributed by atoms with Crippen molar-refractivity contribution in [3.05, 3.63) is 27.8 Å². The van der Waals surface area contributed by atoms with Crippen molar-refractivity contribution in [2.45, 2.75) is 25.8 Å². The smallest absolute Gasteiger partial charge is 0.180 e. The van der Waals surface area contributed by atoms with Gasteiger partial charge in [0.1, 0.15) is 17.0 Å². The van der Waals surface area contributed by atoms with E-state index in [1.165, 1.54) is 40.0 Å². The minimum absolute atomic E-state index is 0.603. The molecule has 5 nitrogen and oxygen atoms in total. The van der Waals surface area contributed by atoms with Crippen LogP contribution in [0.25, 0.3) is 10.2 Å². The summed E-state index contributed by atoms with van der Waals surface area (Å²) >= 11 is 3.31. The molecule has 0 bridgehead atoms. The van der Waals surface area contributed by atoms with Crippen molar-refractivity contribution >= 4 is 43.8 Å². The van der Waals surface area contributed by atoms with Crippen molar-refractivity contribution < 1.29 is 0 Å². The summed E-state index contributed by atoms with van der Waals surface area (Å²) in [5.74, 6) is 0.932. The lowest BCUT2D eigenvalue weighted by Gasteiger charge is -2.05. The molecule has 0 fully saturated rings. The Bertz CT molecular complexity index is 776. The second kappa shape index (κ2) is 4.68. The molecule has 0 radical (unpaired) electrons. The highest BCUT2D eigenvalue weighted by Gasteiger charge is 2.21. The van der Waals surface area contributed by atoms with Crippen LogP contribution in [0.3, 0.4) is 0 Å². The highest BCUT2D eigenvalue weighted by atomic mass is 32.1. The average molecular weight is 303 g/mol. The average Bonchev–Trinajstić information content (AvgIpc) is 3.11. The minimum Gasteiger partial charge on any atom is -0.375 e. The number of fused-ring (bicyclic) bond motifs is 3. The van der Waals surface area contributed by atoms with Crippen molar-refractivity contribution in [3.8, 4) is 0 Å². The van der Waals surface area contributed by atoms with Crippen molar-refractivity contribution in [3.63, 3.8) is 0 Å². The zero-order valence-corrected chi connectivity index (χ0v) is 12.4. The van der Waals surface area contributed by atoms with Gasteiger partial charge in [0.15, 0.2) is 5.13 Å². The molecule has 3 aromatic heterocycles. The first-order valence-electron chi connectivity index (χ1n) is 6.50. The van der Waals surface area contributed by atoms with E-state index in [9.17, 15) is 0 Å². The third kappa shape index (κ3) is 1.94. The molecular formula is C13H13N5S2. The van der Waals surface area contributed by atoms with E-state index in [0.29, 0.717) is 11.7 Å². The lowest BCUT2D eigenvalue weighted by molar-refractivity contribution is 0.917. The maximum Gasteiger partial charge on any atom is 0.180 e. The standard InChI is InChI=1S/C13H13N5S2/c14-13-16-5-7(19-13)4-15-11-10-8-2-1-3-9(8)20-12(10)18-6-17-11/h5-6H,1-4H2,(H2,14,16)(H,15,17,18). The fraction of sp³-hybridized carbons (Fsp3) is 0.308. The topological polar surface area (TPSA) is 76.7 Å². The summed E-state index contributed by atoms with van der Waals surface area (Å²) in [7, 11) is 0. The molecule has 4 rings (SSSR count). The summed E-state index contributed by atoms with van der Waals surface area (Å²) in [6, 6.07) is 0. The number of hydrogen-bond acceptors (Lipinski definition) is 7. The predicted octanol–water partition coefficient (Wildman–Crippen LogP) is 2.83. The van der Waals surface area contributed by atoms with Gasteiger partial charge in [-0.15, -0.1) is 22.7 Å². The molecule has 3 heterocycles. The Morgan fingerprint density at radius 3 is 3.00 bits per heavy atom. The van der Waals surface area contributed by atoms with Gasteiger partial charge in [-0.05, 0) is 24.8 Å². The van der Waals surface area contributed by atoms with Gasteiger partial charge in [0.05, 0.1) is 11.9 Å². The maximum absolute atomic E-state index is 5.65. The molecule has 102 valence electrons. The van der Waals surface area contributed by atoms with Gasteiger partial charge in [-0.25, -0.2) is 15.0 Å². The number of aryl methyl sites for hydroxylation is 2. The van der Waals surface area contributed by atoms with E-state index in [-0.39, 0.29) is 0 Å². The van der Waals surface area contributed by atoms with Crippen LogP contribution in [0, 0.1) is 0 Å². The number of aromatic nitrogens is 3. The monoisotopic (exact) mass is 303 g/mol. The van der Waals surface area contributed by atoms with Crippen LogP contribution in [-0.2, 0) is 19.4 Å². The third-order valence-electron chi connectivity index (χ3n) is 3.50. The second-order valence-electron chi connectivity index (χ2n) is 4.78. The van der Waals surface area contributed by atoms with Gasteiger partial charge in [-0.3, -0.25) is 0 Å². The van der Waals surface area contributed by atoms with E-state index in [0.717, 1.165) is 21.9 Å². The number of hydrogen-bond donors (Lipinski definition) is 2. The number of nitrogens with two attached hydrogens (primary N) is 1. The molecule has 3 aromatic rings.